The molecule has 0 spiro atoms. The Bertz CT molecular complexity index is 214. The highest BCUT2D eigenvalue weighted by atomic mass is 33.4. The smallest absolute Gasteiger partial charge is 0.304 e. The van der Waals surface area contributed by atoms with Gasteiger partial charge in [0.2, 0.25) is 0 Å². The summed E-state index contributed by atoms with van der Waals surface area (Å²) in [5, 5.41) is 8.58. The van der Waals surface area contributed by atoms with E-state index in [1.54, 1.807) is 0 Å². The molecule has 1 atom stereocenters. The Hall–Kier alpha value is 0.520. The predicted molar refractivity (Wildman–Crippen MR) is 74.5 cm³/mol. The monoisotopic (exact) mass is 288 g/mol. The van der Waals surface area contributed by atoms with Gasteiger partial charge in [0.25, 0.3) is 0 Å². The standard InChI is InChI=1S/C9H21O4PS2/c1-7(2)12-16(14,13-8(3)4)15-6-5-9(10)11/h7-8H,5-6,14H2,1-4H3,(H,10,11). The lowest BCUT2D eigenvalue weighted by molar-refractivity contribution is -0.136. The first-order chi connectivity index (χ1) is 7.25. The van der Waals surface area contributed by atoms with Gasteiger partial charge in [0.1, 0.15) is 0 Å². The Morgan fingerprint density at radius 2 is 1.75 bits per heavy atom. The van der Waals surface area contributed by atoms with E-state index >= 15 is 0 Å². The summed E-state index contributed by atoms with van der Waals surface area (Å²) in [5.41, 5.74) is 0. The second kappa shape index (κ2) is 7.77. The third-order valence-corrected chi connectivity index (χ3v) is 7.07. The van der Waals surface area contributed by atoms with E-state index in [9.17, 15) is 4.79 Å². The Morgan fingerprint density at radius 1 is 1.31 bits per heavy atom. The second-order valence-corrected chi connectivity index (χ2v) is 10.8. The van der Waals surface area contributed by atoms with Crippen molar-refractivity contribution in [2.45, 2.75) is 46.3 Å². The zero-order chi connectivity index (χ0) is 12.8. The largest absolute Gasteiger partial charge is 0.481 e. The number of aliphatic carboxylic acids is 1. The summed E-state index contributed by atoms with van der Waals surface area (Å²) in [6, 6.07) is 0. The van der Waals surface area contributed by atoms with Gasteiger partial charge in [0.05, 0.1) is 18.6 Å². The van der Waals surface area contributed by atoms with Crippen molar-refractivity contribution in [2.24, 2.45) is 0 Å². The first kappa shape index (κ1) is 16.5. The molecule has 98 valence electrons. The molecule has 1 unspecified atom stereocenters. The van der Waals surface area contributed by atoms with Crippen LogP contribution in [0.5, 0.6) is 0 Å². The van der Waals surface area contributed by atoms with Gasteiger partial charge >= 0.3 is 5.97 Å². The number of hydrogen-bond acceptors (Lipinski definition) is 4. The molecule has 0 aliphatic carbocycles. The van der Waals surface area contributed by atoms with Gasteiger partial charge in [-0.2, -0.15) is 0 Å². The lowest BCUT2D eigenvalue weighted by Crippen LogP contribution is -2.11. The lowest BCUT2D eigenvalue weighted by Gasteiger charge is -2.40. The molecule has 0 amide bonds. The maximum atomic E-state index is 10.4. The van der Waals surface area contributed by atoms with Gasteiger partial charge in [0, 0.05) is 5.75 Å². The molecule has 0 saturated heterocycles. The predicted octanol–water partition coefficient (Wildman–Crippen LogP) is 3.38. The van der Waals surface area contributed by atoms with E-state index in [-0.39, 0.29) is 18.6 Å². The molecule has 1 N–H and O–H groups in total. The maximum Gasteiger partial charge on any atom is 0.304 e. The molecule has 0 saturated carbocycles. The minimum atomic E-state index is -1.76. The molecule has 0 aromatic rings. The van der Waals surface area contributed by atoms with Crippen LogP contribution in [0.15, 0.2) is 0 Å². The molecule has 4 nitrogen and oxygen atoms in total. The number of carbonyl (C=O) groups is 1. The third kappa shape index (κ3) is 8.65. The molecule has 0 radical (unpaired) electrons. The Morgan fingerprint density at radius 3 is 2.06 bits per heavy atom. The van der Waals surface area contributed by atoms with E-state index in [4.69, 9.17) is 13.5 Å². The van der Waals surface area contributed by atoms with Gasteiger partial charge < -0.3 is 5.11 Å². The van der Waals surface area contributed by atoms with E-state index in [2.05, 4.69) is 8.44 Å². The van der Waals surface area contributed by atoms with Crippen molar-refractivity contribution in [3.63, 3.8) is 0 Å². The fourth-order valence-corrected chi connectivity index (χ4v) is 7.00. The lowest BCUT2D eigenvalue weighted by atomic mass is 10.5. The van der Waals surface area contributed by atoms with Gasteiger partial charge in [0.15, 0.2) is 0 Å². The third-order valence-electron chi connectivity index (χ3n) is 1.22. The summed E-state index contributed by atoms with van der Waals surface area (Å²) in [4.78, 5) is 10.4. The zero-order valence-corrected chi connectivity index (χ0v) is 12.9. The Balaban J connectivity index is 4.23. The normalized spacial score (nSPS) is 13.4. The average molecular weight is 288 g/mol. The summed E-state index contributed by atoms with van der Waals surface area (Å²) in [6.07, 6.45) is 0.239. The molecule has 0 bridgehead atoms. The van der Waals surface area contributed by atoms with E-state index in [1.807, 2.05) is 27.7 Å². The van der Waals surface area contributed by atoms with Crippen molar-refractivity contribution in [1.82, 2.24) is 0 Å². The molecule has 0 aliphatic heterocycles. The van der Waals surface area contributed by atoms with Crippen LogP contribution in [-0.4, -0.2) is 29.0 Å². The van der Waals surface area contributed by atoms with Crippen LogP contribution >= 0.6 is 28.5 Å². The summed E-state index contributed by atoms with van der Waals surface area (Å²) in [5.74, 6) is -0.304. The van der Waals surface area contributed by atoms with E-state index in [0.717, 1.165) is 0 Å². The summed E-state index contributed by atoms with van der Waals surface area (Å²) >= 11 is 0. The van der Waals surface area contributed by atoms with Crippen LogP contribution in [0.2, 0.25) is 0 Å². The molecule has 0 aromatic heterocycles. The van der Waals surface area contributed by atoms with Crippen molar-refractivity contribution >= 4 is 34.4 Å². The van der Waals surface area contributed by atoms with Crippen LogP contribution in [0.25, 0.3) is 0 Å². The minimum Gasteiger partial charge on any atom is -0.481 e. The molecule has 0 fully saturated rings. The van der Waals surface area contributed by atoms with Gasteiger partial charge in [-0.3, -0.25) is 13.2 Å². The Kier molecular flexibility index (Phi) is 8.02. The van der Waals surface area contributed by atoms with Crippen molar-refractivity contribution in [3.8, 4) is 0 Å². The van der Waals surface area contributed by atoms with Gasteiger partial charge in [-0.05, 0) is 46.9 Å². The summed E-state index contributed by atoms with van der Waals surface area (Å²) in [7, 11) is 2.26. The SMILES string of the molecule is CC(C)OS(P)(OC(C)C)SCCC(=O)O. The summed E-state index contributed by atoms with van der Waals surface area (Å²) < 4.78 is 11.4. The van der Waals surface area contributed by atoms with Gasteiger partial charge in [-0.15, -0.1) is 9.24 Å². The van der Waals surface area contributed by atoms with Crippen LogP contribution in [-0.2, 0) is 13.2 Å². The maximum absolute atomic E-state index is 10.4. The highest BCUT2D eigenvalue weighted by molar-refractivity contribution is 9.07. The molecular formula is C9H21O4PS2. The fourth-order valence-electron chi connectivity index (χ4n) is 0.860. The van der Waals surface area contributed by atoms with Crippen molar-refractivity contribution in [1.29, 1.82) is 0 Å². The first-order valence-corrected chi connectivity index (χ1v) is 9.55. The Labute approximate surface area is 105 Å². The van der Waals surface area contributed by atoms with E-state index < -0.39 is 15.2 Å². The number of rotatable bonds is 8. The molecule has 0 aromatic carbocycles. The van der Waals surface area contributed by atoms with Gasteiger partial charge in [-0.1, -0.05) is 0 Å². The summed E-state index contributed by atoms with van der Waals surface area (Å²) in [6.45, 7) is 7.75. The molecule has 0 heterocycles. The highest BCUT2D eigenvalue weighted by Crippen LogP contribution is 2.69. The molecule has 0 rings (SSSR count). The van der Waals surface area contributed by atoms with Crippen LogP contribution in [0.1, 0.15) is 34.1 Å². The molecule has 7 heteroatoms. The number of carboxylic acid groups (broad SMARTS) is 1. The quantitative estimate of drug-likeness (QED) is 0.548. The van der Waals surface area contributed by atoms with E-state index in [1.165, 1.54) is 10.8 Å². The van der Waals surface area contributed by atoms with Crippen LogP contribution in [0, 0.1) is 0 Å². The fraction of sp³-hybridized carbons (Fsp3) is 0.889. The molecule has 0 aliphatic rings. The van der Waals surface area contributed by atoms with Crippen LogP contribution in [0.4, 0.5) is 0 Å². The van der Waals surface area contributed by atoms with E-state index in [0.29, 0.717) is 5.75 Å². The zero-order valence-electron chi connectivity index (χ0n) is 10.1. The minimum absolute atomic E-state index is 0.0589. The van der Waals surface area contributed by atoms with Crippen molar-refractivity contribution in [3.05, 3.63) is 0 Å². The molecular weight excluding hydrogens is 267 g/mol. The topological polar surface area (TPSA) is 55.8 Å². The van der Waals surface area contributed by atoms with Crippen LogP contribution in [0.3, 0.4) is 0 Å². The number of hydrogen-bond donors (Lipinski definition) is 1. The van der Waals surface area contributed by atoms with Crippen molar-refractivity contribution in [2.75, 3.05) is 5.75 Å². The van der Waals surface area contributed by atoms with Crippen LogP contribution < -0.4 is 0 Å². The number of carboxylic acids is 1. The van der Waals surface area contributed by atoms with Gasteiger partial charge in [-0.25, -0.2) is 0 Å². The second-order valence-electron chi connectivity index (χ2n) is 3.75. The highest BCUT2D eigenvalue weighted by Gasteiger charge is 2.20. The first-order valence-electron chi connectivity index (χ1n) is 5.09. The van der Waals surface area contributed by atoms with Crippen molar-refractivity contribution < 1.29 is 18.3 Å². The average Bonchev–Trinajstić information content (AvgIpc) is 1.98. The molecule has 16 heavy (non-hydrogen) atoms.